The van der Waals surface area contributed by atoms with E-state index in [0.29, 0.717) is 13.0 Å². The van der Waals surface area contributed by atoms with Crippen molar-refractivity contribution in [2.75, 3.05) is 13.7 Å². The van der Waals surface area contributed by atoms with E-state index in [2.05, 4.69) is 5.32 Å². The van der Waals surface area contributed by atoms with Gasteiger partial charge >= 0.3 is 0 Å². The van der Waals surface area contributed by atoms with Crippen molar-refractivity contribution in [3.8, 4) is 0 Å². The molecule has 4 heteroatoms. The van der Waals surface area contributed by atoms with Gasteiger partial charge in [0.1, 0.15) is 6.10 Å². The fraction of sp³-hybridized carbons (Fsp3) is 0.462. The Morgan fingerprint density at radius 2 is 2.29 bits per heavy atom. The molecule has 0 saturated carbocycles. The number of rotatable bonds is 6. The molecule has 0 fully saturated rings. The smallest absolute Gasteiger partial charge is 0.249 e. The Morgan fingerprint density at radius 1 is 1.53 bits per heavy atom. The van der Waals surface area contributed by atoms with Crippen LogP contribution in [0.25, 0.3) is 0 Å². The first-order valence-corrected chi connectivity index (χ1v) is 6.10. The fourth-order valence-corrected chi connectivity index (χ4v) is 1.81. The van der Waals surface area contributed by atoms with E-state index in [1.165, 1.54) is 0 Å². The summed E-state index contributed by atoms with van der Waals surface area (Å²) in [5.41, 5.74) is 1.11. The average Bonchev–Trinajstić information content (AvgIpc) is 2.30. The maximum atomic E-state index is 11.6. The van der Waals surface area contributed by atoms with Crippen molar-refractivity contribution in [3.05, 3.63) is 34.9 Å². The summed E-state index contributed by atoms with van der Waals surface area (Å²) in [6, 6.07) is 7.64. The van der Waals surface area contributed by atoms with Gasteiger partial charge in [0.25, 0.3) is 0 Å². The third kappa shape index (κ3) is 4.75. The van der Waals surface area contributed by atoms with Gasteiger partial charge in [-0.15, -0.1) is 0 Å². The van der Waals surface area contributed by atoms with Crippen LogP contribution in [0, 0.1) is 0 Å². The summed E-state index contributed by atoms with van der Waals surface area (Å²) in [5.74, 6) is -0.0583. The second-order valence-corrected chi connectivity index (χ2v) is 4.24. The lowest BCUT2D eigenvalue weighted by Crippen LogP contribution is -2.36. The molecule has 1 aromatic rings. The van der Waals surface area contributed by atoms with Gasteiger partial charge < -0.3 is 10.1 Å². The van der Waals surface area contributed by atoms with E-state index in [1.807, 2.05) is 31.2 Å². The predicted octanol–water partition coefficient (Wildman–Crippen LogP) is 2.42. The van der Waals surface area contributed by atoms with Crippen molar-refractivity contribution < 1.29 is 9.53 Å². The summed E-state index contributed by atoms with van der Waals surface area (Å²) < 4.78 is 5.05. The second-order valence-electron chi connectivity index (χ2n) is 3.80. The van der Waals surface area contributed by atoms with E-state index < -0.39 is 0 Å². The van der Waals surface area contributed by atoms with Crippen molar-refractivity contribution in [3.63, 3.8) is 0 Å². The third-order valence-electron chi connectivity index (χ3n) is 2.55. The van der Waals surface area contributed by atoms with Gasteiger partial charge in [-0.2, -0.15) is 0 Å². The van der Waals surface area contributed by atoms with Gasteiger partial charge in [0, 0.05) is 18.7 Å². The molecule has 1 rings (SSSR count). The van der Waals surface area contributed by atoms with Crippen LogP contribution in [0.15, 0.2) is 24.3 Å². The predicted molar refractivity (Wildman–Crippen MR) is 69.3 cm³/mol. The van der Waals surface area contributed by atoms with Gasteiger partial charge in [-0.3, -0.25) is 4.79 Å². The summed E-state index contributed by atoms with van der Waals surface area (Å²) in [6.07, 6.45) is 1.10. The molecule has 0 aliphatic carbocycles. The van der Waals surface area contributed by atoms with Crippen molar-refractivity contribution in [1.29, 1.82) is 0 Å². The SMILES string of the molecule is CC[C@H](OC)C(=O)NCCc1cccc(Cl)c1. The molecule has 0 heterocycles. The molecule has 0 aliphatic heterocycles. The molecule has 1 N–H and O–H groups in total. The number of halogens is 1. The molecule has 0 bridgehead atoms. The van der Waals surface area contributed by atoms with Crippen LogP contribution >= 0.6 is 11.6 Å². The molecular formula is C13H18ClNO2. The van der Waals surface area contributed by atoms with Crippen LogP contribution in [-0.4, -0.2) is 25.7 Å². The molecule has 0 unspecified atom stereocenters. The highest BCUT2D eigenvalue weighted by atomic mass is 35.5. The van der Waals surface area contributed by atoms with E-state index >= 15 is 0 Å². The molecule has 0 radical (unpaired) electrons. The average molecular weight is 256 g/mol. The molecule has 94 valence electrons. The number of methoxy groups -OCH3 is 1. The van der Waals surface area contributed by atoms with E-state index in [1.54, 1.807) is 7.11 Å². The lowest BCUT2D eigenvalue weighted by Gasteiger charge is -2.13. The van der Waals surface area contributed by atoms with Crippen molar-refractivity contribution in [2.45, 2.75) is 25.9 Å². The number of hydrogen-bond acceptors (Lipinski definition) is 2. The zero-order chi connectivity index (χ0) is 12.7. The maximum Gasteiger partial charge on any atom is 0.249 e. The molecule has 1 aromatic carbocycles. The standard InChI is InChI=1S/C13H18ClNO2/c1-3-12(17-2)13(16)15-8-7-10-5-4-6-11(14)9-10/h4-6,9,12H,3,7-8H2,1-2H3,(H,15,16)/t12-/m0/s1. The van der Waals surface area contributed by atoms with Gasteiger partial charge in [-0.25, -0.2) is 0 Å². The first kappa shape index (κ1) is 14.0. The topological polar surface area (TPSA) is 38.3 Å². The molecule has 0 saturated heterocycles. The van der Waals surface area contributed by atoms with Crippen LogP contribution in [0.1, 0.15) is 18.9 Å². The Hall–Kier alpha value is -1.06. The van der Waals surface area contributed by atoms with Crippen LogP contribution in [0.5, 0.6) is 0 Å². The Kier molecular flexibility index (Phi) is 6.01. The molecule has 0 aliphatic rings. The van der Waals surface area contributed by atoms with Crippen LogP contribution in [0.3, 0.4) is 0 Å². The van der Waals surface area contributed by atoms with Crippen LogP contribution in [0.4, 0.5) is 0 Å². The van der Waals surface area contributed by atoms with Crippen LogP contribution < -0.4 is 5.32 Å². The summed E-state index contributed by atoms with van der Waals surface area (Å²) in [6.45, 7) is 2.52. The number of nitrogens with one attached hydrogen (secondary N) is 1. The lowest BCUT2D eigenvalue weighted by atomic mass is 10.1. The molecule has 1 amide bonds. The first-order valence-electron chi connectivity index (χ1n) is 5.72. The summed E-state index contributed by atoms with van der Waals surface area (Å²) in [4.78, 5) is 11.6. The monoisotopic (exact) mass is 255 g/mol. The molecule has 3 nitrogen and oxygen atoms in total. The van der Waals surface area contributed by atoms with Gasteiger partial charge in [-0.05, 0) is 30.5 Å². The Balaban J connectivity index is 2.35. The van der Waals surface area contributed by atoms with Gasteiger partial charge in [0.15, 0.2) is 0 Å². The van der Waals surface area contributed by atoms with E-state index in [-0.39, 0.29) is 12.0 Å². The van der Waals surface area contributed by atoms with Gasteiger partial charge in [0.05, 0.1) is 0 Å². The van der Waals surface area contributed by atoms with Gasteiger partial charge in [0.2, 0.25) is 5.91 Å². The van der Waals surface area contributed by atoms with E-state index in [0.717, 1.165) is 17.0 Å². The highest BCUT2D eigenvalue weighted by Crippen LogP contribution is 2.10. The van der Waals surface area contributed by atoms with Crippen LogP contribution in [0.2, 0.25) is 5.02 Å². The highest BCUT2D eigenvalue weighted by Gasteiger charge is 2.13. The van der Waals surface area contributed by atoms with Gasteiger partial charge in [-0.1, -0.05) is 30.7 Å². The molecular weight excluding hydrogens is 238 g/mol. The normalized spacial score (nSPS) is 12.2. The Labute approximate surface area is 107 Å². The summed E-state index contributed by atoms with van der Waals surface area (Å²) in [5, 5.41) is 3.57. The minimum Gasteiger partial charge on any atom is -0.372 e. The Morgan fingerprint density at radius 3 is 2.88 bits per heavy atom. The number of carbonyl (C=O) groups is 1. The molecule has 0 aromatic heterocycles. The van der Waals surface area contributed by atoms with E-state index in [9.17, 15) is 4.79 Å². The largest absolute Gasteiger partial charge is 0.372 e. The summed E-state index contributed by atoms with van der Waals surface area (Å²) in [7, 11) is 1.55. The fourth-order valence-electron chi connectivity index (χ4n) is 1.60. The third-order valence-corrected chi connectivity index (χ3v) is 2.78. The number of carbonyl (C=O) groups excluding carboxylic acids is 1. The van der Waals surface area contributed by atoms with Crippen molar-refractivity contribution >= 4 is 17.5 Å². The molecule has 1 atom stereocenters. The lowest BCUT2D eigenvalue weighted by molar-refractivity contribution is -0.131. The number of benzene rings is 1. The minimum atomic E-state index is -0.352. The number of ether oxygens (including phenoxy) is 1. The molecule has 0 spiro atoms. The quantitative estimate of drug-likeness (QED) is 0.848. The Bertz CT molecular complexity index is 364. The van der Waals surface area contributed by atoms with Crippen LogP contribution in [-0.2, 0) is 16.0 Å². The number of hydrogen-bond donors (Lipinski definition) is 1. The first-order chi connectivity index (χ1) is 8.17. The second kappa shape index (κ2) is 7.30. The minimum absolute atomic E-state index is 0.0583. The maximum absolute atomic E-state index is 11.6. The number of amides is 1. The summed E-state index contributed by atoms with van der Waals surface area (Å²) >= 11 is 5.87. The van der Waals surface area contributed by atoms with Crippen molar-refractivity contribution in [1.82, 2.24) is 5.32 Å². The molecule has 17 heavy (non-hydrogen) atoms. The zero-order valence-corrected chi connectivity index (χ0v) is 11.0. The highest BCUT2D eigenvalue weighted by molar-refractivity contribution is 6.30. The zero-order valence-electron chi connectivity index (χ0n) is 10.2. The van der Waals surface area contributed by atoms with Crippen molar-refractivity contribution in [2.24, 2.45) is 0 Å². The van der Waals surface area contributed by atoms with E-state index in [4.69, 9.17) is 16.3 Å².